The third-order valence-corrected chi connectivity index (χ3v) is 4.20. The number of aliphatic hydroxyl groups excluding tert-OH is 1. The lowest BCUT2D eigenvalue weighted by Crippen LogP contribution is -2.46. The highest BCUT2D eigenvalue weighted by atomic mass is 32.1. The Kier molecular flexibility index (Phi) is 6.16. The Morgan fingerprint density at radius 3 is 2.65 bits per heavy atom. The standard InChI is InChI=1S/C15H17F3N4O3S/c1-14(8-23,25-2)7-19-12(24)21-13-20-11(22-26-13)9-5-3-4-6-10(9)15(16,17)18/h3-6,23H,7-8H2,1-2H3,(H2,19,20,21,22,24). The third kappa shape index (κ3) is 4.90. The first-order valence-corrected chi connectivity index (χ1v) is 8.17. The van der Waals surface area contributed by atoms with Crippen LogP contribution in [0.15, 0.2) is 24.3 Å². The van der Waals surface area contributed by atoms with Gasteiger partial charge in [-0.3, -0.25) is 5.32 Å². The number of urea groups is 1. The number of amides is 2. The van der Waals surface area contributed by atoms with Gasteiger partial charge < -0.3 is 15.2 Å². The van der Waals surface area contributed by atoms with Gasteiger partial charge in [0.05, 0.1) is 18.7 Å². The molecular formula is C15H17F3N4O3S. The van der Waals surface area contributed by atoms with Gasteiger partial charge in [-0.25, -0.2) is 4.79 Å². The van der Waals surface area contributed by atoms with Crippen molar-refractivity contribution < 1.29 is 27.8 Å². The minimum absolute atomic E-state index is 0.0222. The Hall–Kier alpha value is -2.24. The smallest absolute Gasteiger partial charge is 0.393 e. The second-order valence-electron chi connectivity index (χ2n) is 5.59. The summed E-state index contributed by atoms with van der Waals surface area (Å²) >= 11 is 0.756. The van der Waals surface area contributed by atoms with Gasteiger partial charge in [-0.2, -0.15) is 22.5 Å². The zero-order valence-corrected chi connectivity index (χ0v) is 14.7. The lowest BCUT2D eigenvalue weighted by molar-refractivity contribution is -0.137. The molecule has 0 aliphatic heterocycles. The number of alkyl halides is 3. The van der Waals surface area contributed by atoms with E-state index in [4.69, 9.17) is 4.74 Å². The molecule has 2 amide bonds. The maximum atomic E-state index is 13.1. The number of ether oxygens (including phenoxy) is 1. The predicted molar refractivity (Wildman–Crippen MR) is 89.9 cm³/mol. The van der Waals surface area contributed by atoms with Crippen LogP contribution in [0.1, 0.15) is 12.5 Å². The molecule has 7 nitrogen and oxygen atoms in total. The highest BCUT2D eigenvalue weighted by Gasteiger charge is 2.34. The summed E-state index contributed by atoms with van der Waals surface area (Å²) in [4.78, 5) is 15.8. The Morgan fingerprint density at radius 2 is 2.04 bits per heavy atom. The minimum atomic E-state index is -4.54. The van der Waals surface area contributed by atoms with E-state index in [0.717, 1.165) is 17.6 Å². The monoisotopic (exact) mass is 390 g/mol. The fraction of sp³-hybridized carbons (Fsp3) is 0.400. The van der Waals surface area contributed by atoms with Crippen LogP contribution in [0.3, 0.4) is 0 Å². The van der Waals surface area contributed by atoms with Gasteiger partial charge in [0.1, 0.15) is 5.60 Å². The van der Waals surface area contributed by atoms with Crippen LogP contribution >= 0.6 is 11.5 Å². The van der Waals surface area contributed by atoms with E-state index in [1.165, 1.54) is 25.3 Å². The van der Waals surface area contributed by atoms with Gasteiger partial charge in [-0.1, -0.05) is 18.2 Å². The first-order valence-electron chi connectivity index (χ1n) is 7.40. The fourth-order valence-electron chi connectivity index (χ4n) is 1.91. The molecule has 1 unspecified atom stereocenters. The van der Waals surface area contributed by atoms with Crippen molar-refractivity contribution in [1.29, 1.82) is 0 Å². The summed E-state index contributed by atoms with van der Waals surface area (Å²) in [5.74, 6) is -0.129. The van der Waals surface area contributed by atoms with Gasteiger partial charge in [0.25, 0.3) is 0 Å². The number of anilines is 1. The number of carbonyl (C=O) groups excluding carboxylic acids is 1. The molecular weight excluding hydrogens is 373 g/mol. The van der Waals surface area contributed by atoms with E-state index >= 15 is 0 Å². The summed E-state index contributed by atoms with van der Waals surface area (Å²) in [6.07, 6.45) is -4.54. The van der Waals surface area contributed by atoms with Crippen LogP contribution in [0.25, 0.3) is 11.4 Å². The quantitative estimate of drug-likeness (QED) is 0.705. The first kappa shape index (κ1) is 20.1. The van der Waals surface area contributed by atoms with Crippen molar-refractivity contribution in [3.05, 3.63) is 29.8 Å². The molecule has 2 aromatic rings. The molecule has 1 aromatic carbocycles. The van der Waals surface area contributed by atoms with E-state index in [1.807, 2.05) is 0 Å². The fourth-order valence-corrected chi connectivity index (χ4v) is 2.49. The third-order valence-electron chi connectivity index (χ3n) is 3.57. The second kappa shape index (κ2) is 7.98. The van der Waals surface area contributed by atoms with E-state index in [2.05, 4.69) is 20.0 Å². The van der Waals surface area contributed by atoms with Crippen molar-refractivity contribution in [2.75, 3.05) is 25.6 Å². The summed E-state index contributed by atoms with van der Waals surface area (Å²) in [5.41, 5.74) is -1.97. The van der Waals surface area contributed by atoms with Crippen molar-refractivity contribution in [3.63, 3.8) is 0 Å². The molecule has 0 radical (unpaired) electrons. The molecule has 0 spiro atoms. The van der Waals surface area contributed by atoms with Crippen molar-refractivity contribution in [2.45, 2.75) is 18.7 Å². The van der Waals surface area contributed by atoms with Crippen LogP contribution < -0.4 is 10.6 Å². The molecule has 3 N–H and O–H groups in total. The molecule has 26 heavy (non-hydrogen) atoms. The summed E-state index contributed by atoms with van der Waals surface area (Å²) in [5, 5.41) is 14.1. The number of aromatic nitrogens is 2. The molecule has 1 atom stereocenters. The number of hydrogen-bond donors (Lipinski definition) is 3. The number of rotatable bonds is 6. The molecule has 1 aromatic heterocycles. The van der Waals surface area contributed by atoms with Crippen molar-refractivity contribution >= 4 is 22.7 Å². The Bertz CT molecular complexity index is 763. The SMILES string of the molecule is COC(C)(CO)CNC(=O)Nc1nc(-c2ccccc2C(F)(F)F)ns1. The summed E-state index contributed by atoms with van der Waals surface area (Å²) < 4.78 is 48.1. The molecule has 142 valence electrons. The van der Waals surface area contributed by atoms with Gasteiger partial charge in [-0.05, 0) is 13.0 Å². The number of carbonyl (C=O) groups is 1. The lowest BCUT2D eigenvalue weighted by Gasteiger charge is -2.25. The topological polar surface area (TPSA) is 96.4 Å². The Labute approximate surface area is 151 Å². The van der Waals surface area contributed by atoms with Crippen LogP contribution in [0.4, 0.5) is 23.1 Å². The maximum Gasteiger partial charge on any atom is 0.417 e. The lowest BCUT2D eigenvalue weighted by atomic mass is 10.1. The normalized spacial score (nSPS) is 13.9. The largest absolute Gasteiger partial charge is 0.417 e. The van der Waals surface area contributed by atoms with E-state index in [9.17, 15) is 23.1 Å². The number of halogens is 3. The molecule has 0 fully saturated rings. The van der Waals surface area contributed by atoms with E-state index < -0.39 is 23.4 Å². The number of aliphatic hydroxyl groups is 1. The second-order valence-corrected chi connectivity index (χ2v) is 6.34. The average molecular weight is 390 g/mol. The first-order chi connectivity index (χ1) is 12.2. The number of benzene rings is 1. The van der Waals surface area contributed by atoms with Crippen LogP contribution in [-0.2, 0) is 10.9 Å². The van der Waals surface area contributed by atoms with E-state index in [0.29, 0.717) is 0 Å². The van der Waals surface area contributed by atoms with Crippen molar-refractivity contribution in [1.82, 2.24) is 14.7 Å². The molecule has 0 aliphatic carbocycles. The van der Waals surface area contributed by atoms with Crippen molar-refractivity contribution in [2.24, 2.45) is 0 Å². The van der Waals surface area contributed by atoms with Crippen molar-refractivity contribution in [3.8, 4) is 11.4 Å². The van der Waals surface area contributed by atoms with E-state index in [1.54, 1.807) is 6.92 Å². The zero-order valence-electron chi connectivity index (χ0n) is 13.9. The molecule has 0 aliphatic rings. The maximum absolute atomic E-state index is 13.1. The van der Waals surface area contributed by atoms with Crippen LogP contribution in [0, 0.1) is 0 Å². The van der Waals surface area contributed by atoms with Gasteiger partial charge in [0.15, 0.2) is 5.82 Å². The average Bonchev–Trinajstić information content (AvgIpc) is 3.07. The van der Waals surface area contributed by atoms with Gasteiger partial charge >= 0.3 is 12.2 Å². The van der Waals surface area contributed by atoms with Crippen LogP contribution in [0.2, 0.25) is 0 Å². The minimum Gasteiger partial charge on any atom is -0.393 e. The highest BCUT2D eigenvalue weighted by Crippen LogP contribution is 2.36. The molecule has 0 saturated carbocycles. The van der Waals surface area contributed by atoms with Crippen LogP contribution in [-0.4, -0.2) is 46.4 Å². The van der Waals surface area contributed by atoms with E-state index in [-0.39, 0.29) is 29.7 Å². The highest BCUT2D eigenvalue weighted by molar-refractivity contribution is 7.10. The van der Waals surface area contributed by atoms with Gasteiger partial charge in [-0.15, -0.1) is 0 Å². The van der Waals surface area contributed by atoms with Gasteiger partial charge in [0, 0.05) is 24.2 Å². The van der Waals surface area contributed by atoms with Crippen LogP contribution in [0.5, 0.6) is 0 Å². The Balaban J connectivity index is 2.08. The number of nitrogens with one attached hydrogen (secondary N) is 2. The summed E-state index contributed by atoms with van der Waals surface area (Å²) in [6.45, 7) is 1.32. The molecule has 2 rings (SSSR count). The summed E-state index contributed by atoms with van der Waals surface area (Å²) in [7, 11) is 1.39. The predicted octanol–water partition coefficient (Wildman–Crippen LogP) is 2.74. The number of methoxy groups -OCH3 is 1. The number of hydrogen-bond acceptors (Lipinski definition) is 6. The molecule has 0 bridgehead atoms. The number of nitrogens with zero attached hydrogens (tertiary/aromatic N) is 2. The summed E-state index contributed by atoms with van der Waals surface area (Å²) in [6, 6.07) is 4.29. The van der Waals surface area contributed by atoms with Gasteiger partial charge in [0.2, 0.25) is 5.13 Å². The molecule has 1 heterocycles. The zero-order chi connectivity index (χ0) is 19.4. The molecule has 11 heteroatoms. The molecule has 0 saturated heterocycles. The Morgan fingerprint density at radius 1 is 1.35 bits per heavy atom.